The normalized spacial score (nSPS) is 10.2. The predicted molar refractivity (Wildman–Crippen MR) is 56.1 cm³/mol. The quantitative estimate of drug-likeness (QED) is 0.610. The number of hydrogen-bond acceptors (Lipinski definition) is 5. The Morgan fingerprint density at radius 2 is 2.07 bits per heavy atom. The molecular formula is C9H16N4O. The lowest BCUT2D eigenvalue weighted by Crippen LogP contribution is -2.10. The monoisotopic (exact) mass is 196 g/mol. The van der Waals surface area contributed by atoms with E-state index in [0.29, 0.717) is 24.6 Å². The maximum atomic E-state index is 8.63. The zero-order valence-electron chi connectivity index (χ0n) is 8.54. The molecule has 0 aliphatic heterocycles. The molecule has 0 atom stereocenters. The van der Waals surface area contributed by atoms with Gasteiger partial charge >= 0.3 is 0 Å². The van der Waals surface area contributed by atoms with E-state index < -0.39 is 0 Å². The van der Waals surface area contributed by atoms with Crippen LogP contribution in [0.25, 0.3) is 0 Å². The fourth-order valence-electron chi connectivity index (χ4n) is 1.11. The van der Waals surface area contributed by atoms with Crippen molar-refractivity contribution >= 4 is 11.6 Å². The van der Waals surface area contributed by atoms with E-state index >= 15 is 0 Å². The maximum Gasteiger partial charge on any atom is 0.134 e. The number of nitrogens with two attached hydrogens (primary N) is 1. The van der Waals surface area contributed by atoms with Crippen molar-refractivity contribution in [2.75, 3.05) is 24.2 Å². The molecule has 5 nitrogen and oxygen atoms in total. The summed E-state index contributed by atoms with van der Waals surface area (Å²) in [4.78, 5) is 8.26. The van der Waals surface area contributed by atoms with Crippen LogP contribution in [0.2, 0.25) is 0 Å². The van der Waals surface area contributed by atoms with Crippen molar-refractivity contribution in [3.8, 4) is 0 Å². The number of aryl methyl sites for hydroxylation is 1. The van der Waals surface area contributed by atoms with Crippen LogP contribution in [0.4, 0.5) is 11.6 Å². The van der Waals surface area contributed by atoms with Crippen LogP contribution in [0.5, 0.6) is 0 Å². The van der Waals surface area contributed by atoms with Crippen molar-refractivity contribution in [3.63, 3.8) is 0 Å². The molecule has 14 heavy (non-hydrogen) atoms. The van der Waals surface area contributed by atoms with Crippen LogP contribution in [-0.2, 0) is 0 Å². The van der Waals surface area contributed by atoms with Crippen LogP contribution in [0.3, 0.4) is 0 Å². The van der Waals surface area contributed by atoms with Crippen LogP contribution in [0.15, 0.2) is 0 Å². The number of hydrogen-bond donors (Lipinski definition) is 3. The van der Waals surface area contributed by atoms with Crippen LogP contribution in [-0.4, -0.2) is 28.2 Å². The zero-order valence-corrected chi connectivity index (χ0v) is 8.54. The second kappa shape index (κ2) is 4.76. The smallest absolute Gasteiger partial charge is 0.134 e. The van der Waals surface area contributed by atoms with Gasteiger partial charge in [0.2, 0.25) is 0 Å². The molecule has 5 heteroatoms. The molecule has 1 heterocycles. The largest absolute Gasteiger partial charge is 0.396 e. The van der Waals surface area contributed by atoms with Gasteiger partial charge in [0.15, 0.2) is 0 Å². The Kier molecular flexibility index (Phi) is 3.64. The van der Waals surface area contributed by atoms with Gasteiger partial charge in [-0.1, -0.05) is 0 Å². The standard InChI is InChI=1S/C9H16N4O/c1-6-8(10)12-7(2)13-9(6)11-4-3-5-14/h14H,3-5H2,1-2H3,(H3,10,11,12,13). The van der Waals surface area contributed by atoms with Crippen LogP contribution >= 0.6 is 0 Å². The van der Waals surface area contributed by atoms with E-state index in [1.54, 1.807) is 6.92 Å². The van der Waals surface area contributed by atoms with Crippen LogP contribution in [0.1, 0.15) is 17.8 Å². The molecule has 4 N–H and O–H groups in total. The van der Waals surface area contributed by atoms with Crippen LogP contribution < -0.4 is 11.1 Å². The molecule has 0 bridgehead atoms. The molecule has 1 rings (SSSR count). The summed E-state index contributed by atoms with van der Waals surface area (Å²) >= 11 is 0. The highest BCUT2D eigenvalue weighted by Crippen LogP contribution is 2.16. The minimum atomic E-state index is 0.172. The first-order valence-electron chi connectivity index (χ1n) is 4.60. The molecule has 0 saturated carbocycles. The molecule has 1 aromatic rings. The number of anilines is 2. The Balaban J connectivity index is 2.75. The zero-order chi connectivity index (χ0) is 10.6. The average molecular weight is 196 g/mol. The third-order valence-electron chi connectivity index (χ3n) is 1.92. The van der Waals surface area contributed by atoms with E-state index in [-0.39, 0.29) is 6.61 Å². The van der Waals surface area contributed by atoms with E-state index in [9.17, 15) is 0 Å². The number of aliphatic hydroxyl groups is 1. The summed E-state index contributed by atoms with van der Waals surface area (Å²) in [5.74, 6) is 1.91. The van der Waals surface area contributed by atoms with Gasteiger partial charge in [-0.25, -0.2) is 9.97 Å². The average Bonchev–Trinajstić information content (AvgIpc) is 2.13. The van der Waals surface area contributed by atoms with Gasteiger partial charge in [0, 0.05) is 18.7 Å². The van der Waals surface area contributed by atoms with Crippen molar-refractivity contribution in [2.45, 2.75) is 20.3 Å². The van der Waals surface area contributed by atoms with Crippen molar-refractivity contribution < 1.29 is 5.11 Å². The fourth-order valence-corrected chi connectivity index (χ4v) is 1.11. The Morgan fingerprint density at radius 3 is 2.71 bits per heavy atom. The lowest BCUT2D eigenvalue weighted by atomic mass is 10.3. The lowest BCUT2D eigenvalue weighted by Gasteiger charge is -2.09. The lowest BCUT2D eigenvalue weighted by molar-refractivity contribution is 0.292. The van der Waals surface area contributed by atoms with E-state index in [4.69, 9.17) is 10.8 Å². The summed E-state index contributed by atoms with van der Waals surface area (Å²) in [6.45, 7) is 4.53. The minimum absolute atomic E-state index is 0.172. The highest BCUT2D eigenvalue weighted by Gasteiger charge is 2.05. The van der Waals surface area contributed by atoms with Gasteiger partial charge in [0.05, 0.1) is 0 Å². The Morgan fingerprint density at radius 1 is 1.36 bits per heavy atom. The second-order valence-electron chi connectivity index (χ2n) is 3.13. The Hall–Kier alpha value is -1.36. The SMILES string of the molecule is Cc1nc(N)c(C)c(NCCCO)n1. The number of rotatable bonds is 4. The number of aromatic nitrogens is 2. The van der Waals surface area contributed by atoms with Crippen LogP contribution in [0, 0.1) is 13.8 Å². The topological polar surface area (TPSA) is 84.1 Å². The number of nitrogens with zero attached hydrogens (tertiary/aromatic N) is 2. The number of aliphatic hydroxyl groups excluding tert-OH is 1. The van der Waals surface area contributed by atoms with Gasteiger partial charge < -0.3 is 16.2 Å². The summed E-state index contributed by atoms with van der Waals surface area (Å²) in [7, 11) is 0. The highest BCUT2D eigenvalue weighted by atomic mass is 16.3. The van der Waals surface area contributed by atoms with Gasteiger partial charge in [-0.2, -0.15) is 0 Å². The van der Waals surface area contributed by atoms with E-state index in [1.807, 2.05) is 6.92 Å². The molecule has 0 aromatic carbocycles. The molecule has 0 amide bonds. The molecule has 78 valence electrons. The predicted octanol–water partition coefficient (Wildman–Crippen LogP) is 0.470. The first-order valence-corrected chi connectivity index (χ1v) is 4.60. The van der Waals surface area contributed by atoms with E-state index in [1.165, 1.54) is 0 Å². The first kappa shape index (κ1) is 10.7. The van der Waals surface area contributed by atoms with Crippen molar-refractivity contribution in [2.24, 2.45) is 0 Å². The molecule has 0 radical (unpaired) electrons. The molecule has 0 saturated heterocycles. The van der Waals surface area contributed by atoms with Gasteiger partial charge in [0.1, 0.15) is 17.5 Å². The molecule has 0 aliphatic rings. The van der Waals surface area contributed by atoms with Gasteiger partial charge in [0.25, 0.3) is 0 Å². The maximum absolute atomic E-state index is 8.63. The Bertz CT molecular complexity index is 314. The van der Waals surface area contributed by atoms with E-state index in [0.717, 1.165) is 11.4 Å². The van der Waals surface area contributed by atoms with Gasteiger partial charge in [-0.3, -0.25) is 0 Å². The number of nitrogens with one attached hydrogen (secondary N) is 1. The summed E-state index contributed by atoms with van der Waals surface area (Å²) in [6.07, 6.45) is 0.697. The second-order valence-corrected chi connectivity index (χ2v) is 3.13. The summed E-state index contributed by atoms with van der Waals surface area (Å²) in [5, 5.41) is 11.7. The van der Waals surface area contributed by atoms with Crippen molar-refractivity contribution in [1.29, 1.82) is 0 Å². The van der Waals surface area contributed by atoms with Gasteiger partial charge in [-0.05, 0) is 20.3 Å². The molecule has 1 aromatic heterocycles. The molecular weight excluding hydrogens is 180 g/mol. The molecule has 0 unspecified atom stereocenters. The highest BCUT2D eigenvalue weighted by molar-refractivity contribution is 5.54. The van der Waals surface area contributed by atoms with Gasteiger partial charge in [-0.15, -0.1) is 0 Å². The van der Waals surface area contributed by atoms with Crippen molar-refractivity contribution in [3.05, 3.63) is 11.4 Å². The summed E-state index contributed by atoms with van der Waals surface area (Å²) in [6, 6.07) is 0. The molecule has 0 spiro atoms. The first-order chi connectivity index (χ1) is 6.65. The molecule has 0 fully saturated rings. The van der Waals surface area contributed by atoms with Crippen molar-refractivity contribution in [1.82, 2.24) is 9.97 Å². The number of nitrogen functional groups attached to an aromatic ring is 1. The third kappa shape index (κ3) is 2.56. The Labute approximate surface area is 83.4 Å². The summed E-state index contributed by atoms with van der Waals surface area (Å²) in [5.41, 5.74) is 6.54. The molecule has 0 aliphatic carbocycles. The summed E-state index contributed by atoms with van der Waals surface area (Å²) < 4.78 is 0. The van der Waals surface area contributed by atoms with E-state index in [2.05, 4.69) is 15.3 Å². The third-order valence-corrected chi connectivity index (χ3v) is 1.92. The minimum Gasteiger partial charge on any atom is -0.396 e. The fraction of sp³-hybridized carbons (Fsp3) is 0.556.